The number of nitrogens with zero attached hydrogens (tertiary/aromatic N) is 2. The van der Waals surface area contributed by atoms with Crippen LogP contribution in [0.2, 0.25) is 5.02 Å². The minimum absolute atomic E-state index is 0.0555. The Morgan fingerprint density at radius 1 is 1.03 bits per heavy atom. The molecule has 2 amide bonds. The lowest BCUT2D eigenvalue weighted by Gasteiger charge is -2.32. The Bertz CT molecular complexity index is 1120. The molecule has 0 fully saturated rings. The zero-order valence-corrected chi connectivity index (χ0v) is 22.9. The molecule has 0 saturated heterocycles. The third-order valence-corrected chi connectivity index (χ3v) is 7.31. The van der Waals surface area contributed by atoms with E-state index in [1.54, 1.807) is 37.3 Å². The van der Waals surface area contributed by atoms with Crippen molar-refractivity contribution >= 4 is 39.1 Å². The maximum absolute atomic E-state index is 13.5. The Morgan fingerprint density at radius 2 is 1.66 bits per heavy atom. The van der Waals surface area contributed by atoms with Gasteiger partial charge in [0.25, 0.3) is 0 Å². The van der Waals surface area contributed by atoms with Gasteiger partial charge < -0.3 is 10.2 Å². The topological polar surface area (TPSA) is 86.8 Å². The number of hydrogen-bond acceptors (Lipinski definition) is 4. The van der Waals surface area contributed by atoms with Crippen molar-refractivity contribution in [1.29, 1.82) is 0 Å². The largest absolute Gasteiger partial charge is 0.352 e. The van der Waals surface area contributed by atoms with E-state index in [1.807, 2.05) is 45.9 Å². The van der Waals surface area contributed by atoms with Gasteiger partial charge in [-0.1, -0.05) is 56.6 Å². The van der Waals surface area contributed by atoms with Crippen LogP contribution in [0.1, 0.15) is 58.1 Å². The van der Waals surface area contributed by atoms with E-state index in [1.165, 1.54) is 4.90 Å². The predicted molar refractivity (Wildman–Crippen MR) is 142 cm³/mol. The molecule has 2 atom stereocenters. The Morgan fingerprint density at radius 3 is 2.17 bits per heavy atom. The van der Waals surface area contributed by atoms with Crippen LogP contribution in [-0.4, -0.2) is 50.0 Å². The average Bonchev–Trinajstić information content (AvgIpc) is 2.79. The van der Waals surface area contributed by atoms with Crippen LogP contribution < -0.4 is 9.62 Å². The first-order chi connectivity index (χ1) is 16.3. The number of nitrogens with one attached hydrogen (secondary N) is 1. The first-order valence-electron chi connectivity index (χ1n) is 11.7. The lowest BCUT2D eigenvalue weighted by molar-refractivity contribution is -0.139. The van der Waals surface area contributed by atoms with Crippen molar-refractivity contribution in [2.45, 2.75) is 65.6 Å². The molecule has 0 aliphatic heterocycles. The van der Waals surface area contributed by atoms with Crippen LogP contribution in [0.4, 0.5) is 5.69 Å². The van der Waals surface area contributed by atoms with Crippen LogP contribution in [0.5, 0.6) is 0 Å². The summed E-state index contributed by atoms with van der Waals surface area (Å²) in [6, 6.07) is 13.3. The molecule has 1 N–H and O–H groups in total. The molecule has 2 aromatic rings. The van der Waals surface area contributed by atoms with Gasteiger partial charge in [-0.05, 0) is 61.6 Å². The molecule has 2 rings (SSSR count). The van der Waals surface area contributed by atoms with Crippen LogP contribution >= 0.6 is 11.6 Å². The van der Waals surface area contributed by atoms with Gasteiger partial charge in [-0.25, -0.2) is 8.42 Å². The van der Waals surface area contributed by atoms with Gasteiger partial charge in [0.15, 0.2) is 0 Å². The second-order valence-corrected chi connectivity index (χ2v) is 11.5. The standard InChI is InChI=1S/C26H36ClN3O4S/c1-7-19(4)28-26(32)20(5)29(16-21-9-8-10-23(27)15-21)25(31)17-30(35(6,33)34)24-13-11-22(12-14-24)18(2)3/h8-15,18-20H,7,16-17H2,1-6H3,(H,28,32)/t19-,20-/m1/s1. The molecule has 2 aromatic carbocycles. The molecule has 0 aliphatic carbocycles. The minimum atomic E-state index is -3.76. The van der Waals surface area contributed by atoms with E-state index >= 15 is 0 Å². The summed E-state index contributed by atoms with van der Waals surface area (Å²) in [4.78, 5) is 27.8. The molecular weight excluding hydrogens is 486 g/mol. The summed E-state index contributed by atoms with van der Waals surface area (Å²) < 4.78 is 26.4. The fourth-order valence-corrected chi connectivity index (χ4v) is 4.58. The van der Waals surface area contributed by atoms with Crippen LogP contribution in [0.15, 0.2) is 48.5 Å². The molecule has 9 heteroatoms. The third kappa shape index (κ3) is 8.25. The number of amides is 2. The van der Waals surface area contributed by atoms with Crippen molar-refractivity contribution in [3.05, 3.63) is 64.7 Å². The Labute approximate surface area is 214 Å². The fraction of sp³-hybridized carbons (Fsp3) is 0.462. The summed E-state index contributed by atoms with van der Waals surface area (Å²) in [5, 5.41) is 3.41. The molecule has 0 heterocycles. The molecule has 0 radical (unpaired) electrons. The number of anilines is 1. The summed E-state index contributed by atoms with van der Waals surface area (Å²) in [5.41, 5.74) is 2.19. The summed E-state index contributed by atoms with van der Waals surface area (Å²) >= 11 is 6.13. The number of hydrogen-bond donors (Lipinski definition) is 1. The quantitative estimate of drug-likeness (QED) is 0.469. The first kappa shape index (κ1) is 28.7. The fourth-order valence-electron chi connectivity index (χ4n) is 3.52. The minimum Gasteiger partial charge on any atom is -0.352 e. The normalized spacial score (nSPS) is 13.3. The molecule has 0 unspecified atom stereocenters. The summed E-state index contributed by atoms with van der Waals surface area (Å²) in [6.45, 7) is 9.26. The number of halogens is 1. The van der Waals surface area contributed by atoms with Gasteiger partial charge in [0.2, 0.25) is 21.8 Å². The smallest absolute Gasteiger partial charge is 0.244 e. The molecule has 35 heavy (non-hydrogen) atoms. The summed E-state index contributed by atoms with van der Waals surface area (Å²) in [6.07, 6.45) is 1.81. The lowest BCUT2D eigenvalue weighted by Crippen LogP contribution is -2.52. The number of sulfonamides is 1. The zero-order valence-electron chi connectivity index (χ0n) is 21.3. The zero-order chi connectivity index (χ0) is 26.3. The highest BCUT2D eigenvalue weighted by Gasteiger charge is 2.30. The molecule has 0 aromatic heterocycles. The van der Waals surface area contributed by atoms with Crippen molar-refractivity contribution in [2.75, 3.05) is 17.1 Å². The molecule has 0 spiro atoms. The van der Waals surface area contributed by atoms with Gasteiger partial charge in [-0.15, -0.1) is 0 Å². The Balaban J connectivity index is 2.38. The number of benzene rings is 2. The molecule has 192 valence electrons. The SMILES string of the molecule is CC[C@@H](C)NC(=O)[C@@H](C)N(Cc1cccc(Cl)c1)C(=O)CN(c1ccc(C(C)C)cc1)S(C)(=O)=O. The summed E-state index contributed by atoms with van der Waals surface area (Å²) in [5.74, 6) is -0.507. The third-order valence-electron chi connectivity index (χ3n) is 5.94. The van der Waals surface area contributed by atoms with Gasteiger partial charge in [0, 0.05) is 17.6 Å². The van der Waals surface area contributed by atoms with Gasteiger partial charge >= 0.3 is 0 Å². The van der Waals surface area contributed by atoms with Crippen molar-refractivity contribution in [3.8, 4) is 0 Å². The maximum atomic E-state index is 13.5. The molecule has 0 saturated carbocycles. The van der Waals surface area contributed by atoms with Crippen LogP contribution in [0.3, 0.4) is 0 Å². The first-order valence-corrected chi connectivity index (χ1v) is 14.0. The van der Waals surface area contributed by atoms with E-state index in [0.717, 1.165) is 28.1 Å². The van der Waals surface area contributed by atoms with Gasteiger partial charge in [0.05, 0.1) is 11.9 Å². The average molecular weight is 522 g/mol. The molecule has 0 aliphatic rings. The highest BCUT2D eigenvalue weighted by molar-refractivity contribution is 7.92. The van der Waals surface area contributed by atoms with Crippen LogP contribution in [0.25, 0.3) is 0 Å². The van der Waals surface area contributed by atoms with Crippen LogP contribution in [0, 0.1) is 0 Å². The van der Waals surface area contributed by atoms with E-state index in [9.17, 15) is 18.0 Å². The van der Waals surface area contributed by atoms with E-state index in [-0.39, 0.29) is 24.4 Å². The van der Waals surface area contributed by atoms with Crippen molar-refractivity contribution in [3.63, 3.8) is 0 Å². The number of carbonyl (C=O) groups is 2. The van der Waals surface area contributed by atoms with E-state index < -0.39 is 28.5 Å². The molecule has 0 bridgehead atoms. The van der Waals surface area contributed by atoms with E-state index in [4.69, 9.17) is 11.6 Å². The Kier molecular flexibility index (Phi) is 10.2. The maximum Gasteiger partial charge on any atom is 0.244 e. The van der Waals surface area contributed by atoms with Gasteiger partial charge in [0.1, 0.15) is 12.6 Å². The summed E-state index contributed by atoms with van der Waals surface area (Å²) in [7, 11) is -3.76. The predicted octanol–water partition coefficient (Wildman–Crippen LogP) is 4.56. The van der Waals surface area contributed by atoms with E-state index in [0.29, 0.717) is 10.7 Å². The van der Waals surface area contributed by atoms with Gasteiger partial charge in [-0.3, -0.25) is 13.9 Å². The second-order valence-electron chi connectivity index (χ2n) is 9.16. The van der Waals surface area contributed by atoms with E-state index in [2.05, 4.69) is 5.32 Å². The highest BCUT2D eigenvalue weighted by Crippen LogP contribution is 2.23. The highest BCUT2D eigenvalue weighted by atomic mass is 35.5. The number of rotatable bonds is 11. The monoisotopic (exact) mass is 521 g/mol. The Hall–Kier alpha value is -2.58. The van der Waals surface area contributed by atoms with Crippen LogP contribution in [-0.2, 0) is 26.2 Å². The van der Waals surface area contributed by atoms with Crippen molar-refractivity contribution < 1.29 is 18.0 Å². The van der Waals surface area contributed by atoms with Crippen molar-refractivity contribution in [2.24, 2.45) is 0 Å². The molecular formula is C26H36ClN3O4S. The molecule has 7 nitrogen and oxygen atoms in total. The lowest BCUT2D eigenvalue weighted by atomic mass is 10.0. The number of carbonyl (C=O) groups excluding carboxylic acids is 2. The van der Waals surface area contributed by atoms with Gasteiger partial charge in [-0.2, -0.15) is 0 Å². The second kappa shape index (κ2) is 12.4. The van der Waals surface area contributed by atoms with Crippen molar-refractivity contribution in [1.82, 2.24) is 10.2 Å².